The molecule has 0 fully saturated rings. The van der Waals surface area contributed by atoms with E-state index in [1.165, 1.54) is 45.2 Å². The average Bonchev–Trinajstić information content (AvgIpc) is 2.45. The van der Waals surface area contributed by atoms with E-state index in [2.05, 4.69) is 0 Å². The van der Waals surface area contributed by atoms with Gasteiger partial charge >= 0.3 is 18.0 Å². The fraction of sp³-hybridized carbons (Fsp3) is 0.200. The van der Waals surface area contributed by atoms with Crippen LogP contribution in [0.4, 0.5) is 39.5 Å². The van der Waals surface area contributed by atoms with Crippen LogP contribution in [-0.4, -0.2) is 12.4 Å². The largest absolute Gasteiger partial charge is 0.435 e. The van der Waals surface area contributed by atoms with Crippen LogP contribution in [0.25, 0.3) is 11.1 Å². The lowest BCUT2D eigenvalue weighted by atomic mass is 9.86. The summed E-state index contributed by atoms with van der Waals surface area (Å²) < 4.78 is 121. The van der Waals surface area contributed by atoms with Crippen molar-refractivity contribution in [3.05, 3.63) is 54.7 Å². The van der Waals surface area contributed by atoms with E-state index in [1.807, 2.05) is 0 Å². The number of benzene rings is 2. The fourth-order valence-electron chi connectivity index (χ4n) is 2.30. The standard InChI is InChI=1S/C15H5F9I2/c16-8-2-1-3-9(17)12(8)11-7(4-6(25)5-10(11)26)13(18,14(19,20)21)15(22,23)24/h1-5H. The van der Waals surface area contributed by atoms with Gasteiger partial charge in [-0.3, -0.25) is 0 Å². The summed E-state index contributed by atoms with van der Waals surface area (Å²) in [6.45, 7) is 0. The molecule has 0 amide bonds. The smallest absolute Gasteiger partial charge is 0.218 e. The van der Waals surface area contributed by atoms with E-state index >= 15 is 0 Å². The van der Waals surface area contributed by atoms with Gasteiger partial charge in [-0.1, -0.05) is 6.07 Å². The molecular formula is C15H5F9I2. The molecule has 0 nitrogen and oxygen atoms in total. The molecule has 0 heterocycles. The SMILES string of the molecule is Fc1cccc(F)c1-c1c(I)cc(I)cc1C(F)(C(F)(F)F)C(F)(F)F. The Balaban J connectivity index is 3.03. The summed E-state index contributed by atoms with van der Waals surface area (Å²) in [5, 5.41) is 0. The zero-order chi connectivity index (χ0) is 20.1. The van der Waals surface area contributed by atoms with Gasteiger partial charge in [0.05, 0.1) is 5.56 Å². The molecule has 0 bridgehead atoms. The maximum atomic E-state index is 14.6. The highest BCUT2D eigenvalue weighted by Gasteiger charge is 2.74. The van der Waals surface area contributed by atoms with Crippen molar-refractivity contribution in [2.75, 3.05) is 0 Å². The van der Waals surface area contributed by atoms with Gasteiger partial charge in [-0.15, -0.1) is 0 Å². The van der Waals surface area contributed by atoms with Gasteiger partial charge in [-0.05, 0) is 69.4 Å². The molecule has 142 valence electrons. The molecule has 0 saturated heterocycles. The molecule has 0 atom stereocenters. The van der Waals surface area contributed by atoms with Crippen molar-refractivity contribution in [2.24, 2.45) is 0 Å². The zero-order valence-corrected chi connectivity index (χ0v) is 16.4. The third kappa shape index (κ3) is 3.52. The molecule has 0 aromatic heterocycles. The highest BCUT2D eigenvalue weighted by atomic mass is 127. The van der Waals surface area contributed by atoms with Crippen molar-refractivity contribution in [3.8, 4) is 11.1 Å². The lowest BCUT2D eigenvalue weighted by Gasteiger charge is -2.32. The second-order valence-corrected chi connectivity index (χ2v) is 7.47. The van der Waals surface area contributed by atoms with Crippen molar-refractivity contribution >= 4 is 45.2 Å². The van der Waals surface area contributed by atoms with Gasteiger partial charge in [-0.25, -0.2) is 13.2 Å². The lowest BCUT2D eigenvalue weighted by Crippen LogP contribution is -2.50. The van der Waals surface area contributed by atoms with Crippen molar-refractivity contribution < 1.29 is 39.5 Å². The molecule has 0 N–H and O–H groups in total. The topological polar surface area (TPSA) is 0 Å². The summed E-state index contributed by atoms with van der Waals surface area (Å²) >= 11 is 2.69. The van der Waals surface area contributed by atoms with Gasteiger partial charge < -0.3 is 0 Å². The third-order valence-electron chi connectivity index (χ3n) is 3.42. The number of hydrogen-bond acceptors (Lipinski definition) is 0. The molecule has 2 aromatic rings. The summed E-state index contributed by atoms with van der Waals surface area (Å²) in [7, 11) is 0. The van der Waals surface area contributed by atoms with Crippen LogP contribution < -0.4 is 0 Å². The van der Waals surface area contributed by atoms with Crippen molar-refractivity contribution in [1.29, 1.82) is 0 Å². The van der Waals surface area contributed by atoms with E-state index in [4.69, 9.17) is 0 Å². The Hall–Kier alpha value is -0.730. The van der Waals surface area contributed by atoms with Crippen LogP contribution >= 0.6 is 45.2 Å². The third-order valence-corrected chi connectivity index (χ3v) is 4.89. The molecule has 0 aliphatic heterocycles. The molecule has 0 unspecified atom stereocenters. The summed E-state index contributed by atoms with van der Waals surface area (Å²) in [5.74, 6) is -2.84. The van der Waals surface area contributed by atoms with Crippen molar-refractivity contribution in [1.82, 2.24) is 0 Å². The molecule has 0 spiro atoms. The van der Waals surface area contributed by atoms with E-state index in [1.54, 1.807) is 0 Å². The summed E-state index contributed by atoms with van der Waals surface area (Å²) in [6.07, 6.45) is -12.8. The minimum absolute atomic E-state index is 0.168. The number of rotatable bonds is 2. The van der Waals surface area contributed by atoms with E-state index in [0.717, 1.165) is 12.1 Å². The molecule has 0 saturated carbocycles. The van der Waals surface area contributed by atoms with Gasteiger partial charge in [-0.2, -0.15) is 26.3 Å². The van der Waals surface area contributed by atoms with Crippen LogP contribution in [0.1, 0.15) is 5.56 Å². The van der Waals surface area contributed by atoms with Crippen LogP contribution in [0.5, 0.6) is 0 Å². The molecule has 2 aromatic carbocycles. The first-order valence-corrected chi connectivity index (χ1v) is 8.64. The maximum absolute atomic E-state index is 14.6. The van der Waals surface area contributed by atoms with Crippen LogP contribution in [0.2, 0.25) is 0 Å². The zero-order valence-electron chi connectivity index (χ0n) is 12.0. The fourth-order valence-corrected chi connectivity index (χ4v) is 4.42. The van der Waals surface area contributed by atoms with Gasteiger partial charge in [0.15, 0.2) is 0 Å². The van der Waals surface area contributed by atoms with E-state index in [0.29, 0.717) is 12.1 Å². The van der Waals surface area contributed by atoms with Gasteiger partial charge in [0.1, 0.15) is 11.6 Å². The molecule has 0 radical (unpaired) electrons. The Morgan fingerprint density at radius 2 is 1.15 bits per heavy atom. The van der Waals surface area contributed by atoms with Crippen LogP contribution in [0, 0.1) is 18.8 Å². The Morgan fingerprint density at radius 1 is 0.692 bits per heavy atom. The van der Waals surface area contributed by atoms with E-state index in [-0.39, 0.29) is 13.2 Å². The number of alkyl halides is 7. The first-order chi connectivity index (χ1) is 11.7. The molecule has 0 aliphatic rings. The monoisotopic (exact) mass is 610 g/mol. The van der Waals surface area contributed by atoms with Crippen molar-refractivity contribution in [2.45, 2.75) is 18.0 Å². The highest BCUT2D eigenvalue weighted by Crippen LogP contribution is 2.56. The Morgan fingerprint density at radius 3 is 1.58 bits per heavy atom. The maximum Gasteiger partial charge on any atom is 0.435 e. The quantitative estimate of drug-likeness (QED) is 0.251. The second kappa shape index (κ2) is 7.02. The number of halogens is 11. The van der Waals surface area contributed by atoms with Crippen molar-refractivity contribution in [3.63, 3.8) is 0 Å². The summed E-state index contributed by atoms with van der Waals surface area (Å²) in [5.41, 5.74) is -10.0. The lowest BCUT2D eigenvalue weighted by molar-refractivity contribution is -0.348. The Bertz CT molecular complexity index is 806. The molecule has 26 heavy (non-hydrogen) atoms. The molecule has 0 aliphatic carbocycles. The van der Waals surface area contributed by atoms with Crippen LogP contribution in [0.15, 0.2) is 30.3 Å². The summed E-state index contributed by atoms with van der Waals surface area (Å²) in [4.78, 5) is 0. The van der Waals surface area contributed by atoms with Gasteiger partial charge in [0, 0.05) is 18.3 Å². The second-order valence-electron chi connectivity index (χ2n) is 5.06. The van der Waals surface area contributed by atoms with Crippen LogP contribution in [0.3, 0.4) is 0 Å². The minimum Gasteiger partial charge on any atom is -0.218 e. The van der Waals surface area contributed by atoms with Gasteiger partial charge in [0.25, 0.3) is 0 Å². The van der Waals surface area contributed by atoms with E-state index in [9.17, 15) is 39.5 Å². The number of hydrogen-bond donors (Lipinski definition) is 0. The minimum atomic E-state index is -6.41. The summed E-state index contributed by atoms with van der Waals surface area (Å²) in [6, 6.07) is 3.54. The average molecular weight is 610 g/mol. The van der Waals surface area contributed by atoms with Gasteiger partial charge in [0.2, 0.25) is 0 Å². The van der Waals surface area contributed by atoms with E-state index < -0.39 is 46.3 Å². The molecule has 11 heteroatoms. The highest BCUT2D eigenvalue weighted by molar-refractivity contribution is 14.1. The molecular weight excluding hydrogens is 605 g/mol. The Kier molecular flexibility index (Phi) is 5.82. The first kappa shape index (κ1) is 21.6. The predicted octanol–water partition coefficient (Wildman–Crippen LogP) is 7.13. The predicted molar refractivity (Wildman–Crippen MR) is 92.1 cm³/mol. The Labute approximate surface area is 168 Å². The normalized spacial score (nSPS) is 13.2. The molecule has 2 rings (SSSR count). The first-order valence-electron chi connectivity index (χ1n) is 6.48. The van der Waals surface area contributed by atoms with Crippen LogP contribution in [-0.2, 0) is 5.67 Å².